The number of aliphatic hydroxyl groups is 4. The van der Waals surface area contributed by atoms with Gasteiger partial charge in [0.15, 0.2) is 11.5 Å². The highest BCUT2D eigenvalue weighted by Crippen LogP contribution is 2.13. The maximum Gasteiger partial charge on any atom is 0.285 e. The lowest BCUT2D eigenvalue weighted by Gasteiger charge is -1.99. The van der Waals surface area contributed by atoms with Crippen LogP contribution in [0.4, 0.5) is 0 Å². The topological polar surface area (TPSA) is 121 Å². The predicted octanol–water partition coefficient (Wildman–Crippen LogP) is -0.539. The number of benzene rings is 1. The Kier molecular flexibility index (Phi) is 2.29. The van der Waals surface area contributed by atoms with Crippen molar-refractivity contribution in [2.24, 2.45) is 0 Å². The van der Waals surface area contributed by atoms with Crippen molar-refractivity contribution < 1.29 is 30.6 Å². The quantitative estimate of drug-likeness (QED) is 0.313. The SMILES string of the molecule is OC(O)=c1ccc(=C(O)O)c(O)c1O. The van der Waals surface area contributed by atoms with Gasteiger partial charge in [-0.2, -0.15) is 0 Å². The summed E-state index contributed by atoms with van der Waals surface area (Å²) in [5.74, 6) is -4.05. The van der Waals surface area contributed by atoms with E-state index in [1.807, 2.05) is 0 Å². The third kappa shape index (κ3) is 1.45. The van der Waals surface area contributed by atoms with E-state index in [1.165, 1.54) is 0 Å². The lowest BCUT2D eigenvalue weighted by Crippen LogP contribution is -2.14. The Bertz CT molecular complexity index is 422. The monoisotopic (exact) mass is 200 g/mol. The summed E-state index contributed by atoms with van der Waals surface area (Å²) >= 11 is 0. The first-order valence-corrected chi connectivity index (χ1v) is 3.50. The molecule has 0 aliphatic rings. The first-order chi connectivity index (χ1) is 6.45. The number of aromatic hydroxyl groups is 2. The number of phenolic OH excluding ortho intramolecular Hbond substituents is 2. The molecule has 0 aromatic heterocycles. The second-order valence-corrected chi connectivity index (χ2v) is 2.51. The molecular weight excluding hydrogens is 192 g/mol. The molecule has 0 aliphatic carbocycles. The molecular formula is C8H8O6. The summed E-state index contributed by atoms with van der Waals surface area (Å²) in [4.78, 5) is 0. The normalized spacial score (nSPS) is 9.71. The Morgan fingerprint density at radius 2 is 1.00 bits per heavy atom. The van der Waals surface area contributed by atoms with Gasteiger partial charge in [0.2, 0.25) is 0 Å². The van der Waals surface area contributed by atoms with Gasteiger partial charge in [-0.05, 0) is 12.1 Å². The molecule has 1 aromatic rings. The van der Waals surface area contributed by atoms with E-state index in [4.69, 9.17) is 20.4 Å². The van der Waals surface area contributed by atoms with Gasteiger partial charge in [0.25, 0.3) is 11.9 Å². The van der Waals surface area contributed by atoms with Crippen molar-refractivity contribution in [3.05, 3.63) is 22.6 Å². The van der Waals surface area contributed by atoms with Crippen molar-refractivity contribution in [1.82, 2.24) is 0 Å². The number of aliphatic hydroxyl groups excluding tert-OH is 2. The van der Waals surface area contributed by atoms with Gasteiger partial charge in [-0.1, -0.05) is 0 Å². The zero-order valence-electron chi connectivity index (χ0n) is 6.84. The number of phenols is 2. The molecule has 1 rings (SSSR count). The summed E-state index contributed by atoms with van der Waals surface area (Å²) < 4.78 is 0. The molecule has 0 spiro atoms. The van der Waals surface area contributed by atoms with Crippen molar-refractivity contribution in [1.29, 1.82) is 0 Å². The summed E-state index contributed by atoms with van der Waals surface area (Å²) in [6.07, 6.45) is 0. The summed E-state index contributed by atoms with van der Waals surface area (Å²) in [5, 5.41) is 52.0. The van der Waals surface area contributed by atoms with E-state index in [1.54, 1.807) is 0 Å². The molecule has 0 radical (unpaired) electrons. The molecule has 0 bridgehead atoms. The van der Waals surface area contributed by atoms with Crippen LogP contribution in [0.1, 0.15) is 0 Å². The van der Waals surface area contributed by atoms with Crippen molar-refractivity contribution in [3.63, 3.8) is 0 Å². The van der Waals surface area contributed by atoms with E-state index in [9.17, 15) is 10.2 Å². The van der Waals surface area contributed by atoms with Crippen LogP contribution in [0.25, 0.3) is 11.9 Å². The molecule has 0 saturated carbocycles. The van der Waals surface area contributed by atoms with E-state index >= 15 is 0 Å². The Labute approximate surface area is 77.5 Å². The Hall–Kier alpha value is -2.24. The maximum absolute atomic E-state index is 9.17. The van der Waals surface area contributed by atoms with Crippen molar-refractivity contribution in [2.75, 3.05) is 0 Å². The highest BCUT2D eigenvalue weighted by Gasteiger charge is 2.08. The van der Waals surface area contributed by atoms with Crippen LogP contribution in [-0.2, 0) is 0 Å². The Morgan fingerprint density at radius 3 is 1.21 bits per heavy atom. The molecule has 0 amide bonds. The predicted molar refractivity (Wildman–Crippen MR) is 46.4 cm³/mol. The zero-order chi connectivity index (χ0) is 10.9. The van der Waals surface area contributed by atoms with Gasteiger partial charge in [0, 0.05) is 0 Å². The number of hydrogen-bond donors (Lipinski definition) is 6. The van der Waals surface area contributed by atoms with E-state index in [0.29, 0.717) is 0 Å². The third-order valence-corrected chi connectivity index (χ3v) is 1.63. The van der Waals surface area contributed by atoms with E-state index in [2.05, 4.69) is 0 Å². The molecule has 0 heterocycles. The molecule has 14 heavy (non-hydrogen) atoms. The smallest absolute Gasteiger partial charge is 0.285 e. The minimum Gasteiger partial charge on any atom is -0.504 e. The molecule has 0 atom stereocenters. The number of rotatable bonds is 0. The lowest BCUT2D eigenvalue weighted by molar-refractivity contribution is 0.289. The van der Waals surface area contributed by atoms with Crippen LogP contribution in [0.5, 0.6) is 11.5 Å². The molecule has 6 N–H and O–H groups in total. The van der Waals surface area contributed by atoms with Crippen LogP contribution in [0.15, 0.2) is 12.1 Å². The number of hydrogen-bond acceptors (Lipinski definition) is 6. The first-order valence-electron chi connectivity index (χ1n) is 3.50. The summed E-state index contributed by atoms with van der Waals surface area (Å²) in [6, 6.07) is 2.01. The standard InChI is InChI=1S/C8H8O6/c9-5-3(7(11)12)1-2-4(6(5)10)8(13)14/h1-2,9-14H. The molecule has 6 heteroatoms. The van der Waals surface area contributed by atoms with Crippen LogP contribution >= 0.6 is 0 Å². The minimum atomic E-state index is -1.18. The second kappa shape index (κ2) is 3.25. The Balaban J connectivity index is 3.77. The third-order valence-electron chi connectivity index (χ3n) is 1.63. The van der Waals surface area contributed by atoms with E-state index in [-0.39, 0.29) is 0 Å². The summed E-state index contributed by atoms with van der Waals surface area (Å²) in [6.45, 7) is 0. The highest BCUT2D eigenvalue weighted by molar-refractivity contribution is 5.48. The van der Waals surface area contributed by atoms with E-state index in [0.717, 1.165) is 12.1 Å². The van der Waals surface area contributed by atoms with Crippen LogP contribution in [-0.4, -0.2) is 30.6 Å². The summed E-state index contributed by atoms with van der Waals surface area (Å²) in [7, 11) is 0. The van der Waals surface area contributed by atoms with Crippen LogP contribution in [0.3, 0.4) is 0 Å². The highest BCUT2D eigenvalue weighted by atomic mass is 16.5. The fourth-order valence-corrected chi connectivity index (χ4v) is 0.941. The minimum absolute atomic E-state index is 0.410. The fraction of sp³-hybridized carbons (Fsp3) is 0. The zero-order valence-corrected chi connectivity index (χ0v) is 6.84. The molecule has 0 saturated heterocycles. The lowest BCUT2D eigenvalue weighted by atomic mass is 10.2. The average Bonchev–Trinajstić information content (AvgIpc) is 2.08. The van der Waals surface area contributed by atoms with Crippen LogP contribution in [0, 0.1) is 0 Å². The maximum atomic E-state index is 9.17. The van der Waals surface area contributed by atoms with Gasteiger partial charge in [-0.15, -0.1) is 0 Å². The molecule has 0 aliphatic heterocycles. The molecule has 1 aromatic carbocycles. The van der Waals surface area contributed by atoms with Crippen LogP contribution in [0.2, 0.25) is 0 Å². The molecule has 0 fully saturated rings. The first kappa shape index (κ1) is 9.85. The average molecular weight is 200 g/mol. The Morgan fingerprint density at radius 1 is 0.714 bits per heavy atom. The van der Waals surface area contributed by atoms with Gasteiger partial charge in [0.1, 0.15) is 10.4 Å². The fourth-order valence-electron chi connectivity index (χ4n) is 0.941. The van der Waals surface area contributed by atoms with Crippen molar-refractivity contribution in [3.8, 4) is 11.5 Å². The van der Waals surface area contributed by atoms with Crippen molar-refractivity contribution >= 4 is 11.9 Å². The summed E-state index contributed by atoms with van der Waals surface area (Å²) in [5.41, 5.74) is 0. The van der Waals surface area contributed by atoms with Gasteiger partial charge in [-0.25, -0.2) is 0 Å². The van der Waals surface area contributed by atoms with Gasteiger partial charge in [-0.3, -0.25) is 0 Å². The largest absolute Gasteiger partial charge is 0.504 e. The second-order valence-electron chi connectivity index (χ2n) is 2.51. The van der Waals surface area contributed by atoms with Gasteiger partial charge >= 0.3 is 0 Å². The van der Waals surface area contributed by atoms with Gasteiger partial charge < -0.3 is 30.6 Å². The molecule has 0 unspecified atom stereocenters. The van der Waals surface area contributed by atoms with E-state index < -0.39 is 33.8 Å². The van der Waals surface area contributed by atoms with Gasteiger partial charge in [0.05, 0.1) is 0 Å². The van der Waals surface area contributed by atoms with Crippen molar-refractivity contribution in [2.45, 2.75) is 0 Å². The molecule has 6 nitrogen and oxygen atoms in total. The van der Waals surface area contributed by atoms with Crippen LogP contribution < -0.4 is 10.4 Å². The molecule has 76 valence electrons.